The molecule has 0 bridgehead atoms. The first-order chi connectivity index (χ1) is 13.7. The monoisotopic (exact) mass is 380 g/mol. The molecule has 6 nitrogen and oxygen atoms in total. The van der Waals surface area contributed by atoms with Crippen molar-refractivity contribution in [1.29, 1.82) is 0 Å². The Hall–Kier alpha value is -2.86. The average Bonchev–Trinajstić information content (AvgIpc) is 3.19. The van der Waals surface area contributed by atoms with E-state index in [1.54, 1.807) is 25.4 Å². The van der Waals surface area contributed by atoms with Gasteiger partial charge in [0.15, 0.2) is 5.76 Å². The second kappa shape index (κ2) is 8.44. The molecule has 1 aliphatic carbocycles. The summed E-state index contributed by atoms with van der Waals surface area (Å²) in [6.45, 7) is 0.362. The van der Waals surface area contributed by atoms with E-state index in [1.165, 1.54) is 0 Å². The lowest BCUT2D eigenvalue weighted by molar-refractivity contribution is 0.0859. The number of benzene rings is 1. The van der Waals surface area contributed by atoms with Gasteiger partial charge in [0.1, 0.15) is 18.1 Å². The van der Waals surface area contributed by atoms with E-state index in [2.05, 4.69) is 10.3 Å². The summed E-state index contributed by atoms with van der Waals surface area (Å²) >= 11 is 0. The number of aromatic nitrogens is 1. The quantitative estimate of drug-likeness (QED) is 0.697. The molecule has 0 atom stereocenters. The molecule has 3 aromatic rings. The van der Waals surface area contributed by atoms with E-state index in [1.807, 2.05) is 30.3 Å². The number of hydrogen-bond donors (Lipinski definition) is 1. The van der Waals surface area contributed by atoms with Crippen molar-refractivity contribution >= 4 is 16.8 Å². The van der Waals surface area contributed by atoms with Gasteiger partial charge >= 0.3 is 0 Å². The first-order valence-electron chi connectivity index (χ1n) is 9.61. The van der Waals surface area contributed by atoms with Crippen molar-refractivity contribution in [2.75, 3.05) is 7.11 Å². The van der Waals surface area contributed by atoms with Crippen molar-refractivity contribution in [3.8, 4) is 5.75 Å². The largest absolute Gasteiger partial charge is 0.490 e. The van der Waals surface area contributed by atoms with Crippen LogP contribution in [0.3, 0.4) is 0 Å². The molecule has 2 aromatic heterocycles. The Labute approximate surface area is 163 Å². The molecule has 0 saturated heterocycles. The number of methoxy groups -OCH3 is 1. The highest BCUT2D eigenvalue weighted by atomic mass is 16.5. The lowest BCUT2D eigenvalue weighted by atomic mass is 9.93. The first-order valence-corrected chi connectivity index (χ1v) is 9.61. The molecule has 1 saturated carbocycles. The third-order valence-electron chi connectivity index (χ3n) is 5.06. The zero-order chi connectivity index (χ0) is 19.3. The van der Waals surface area contributed by atoms with Crippen molar-refractivity contribution in [1.82, 2.24) is 10.3 Å². The van der Waals surface area contributed by atoms with Gasteiger partial charge in [-0.25, -0.2) is 0 Å². The maximum absolute atomic E-state index is 12.3. The number of amides is 1. The molecule has 1 aromatic carbocycles. The minimum Gasteiger partial charge on any atom is -0.490 e. The van der Waals surface area contributed by atoms with Gasteiger partial charge in [0, 0.05) is 24.7 Å². The molecule has 146 valence electrons. The minimum atomic E-state index is -0.172. The lowest BCUT2D eigenvalue weighted by Gasteiger charge is -2.29. The fourth-order valence-corrected chi connectivity index (χ4v) is 3.62. The van der Waals surface area contributed by atoms with Crippen LogP contribution in [-0.4, -0.2) is 30.1 Å². The summed E-state index contributed by atoms with van der Waals surface area (Å²) in [5.74, 6) is 1.67. The Bertz CT molecular complexity index is 944. The molecule has 0 radical (unpaired) electrons. The van der Waals surface area contributed by atoms with Crippen LogP contribution in [0.1, 0.15) is 42.0 Å². The summed E-state index contributed by atoms with van der Waals surface area (Å²) in [6, 6.07) is 13.5. The molecule has 1 N–H and O–H groups in total. The topological polar surface area (TPSA) is 73.6 Å². The summed E-state index contributed by atoms with van der Waals surface area (Å²) in [6.07, 6.45) is 5.54. The summed E-state index contributed by atoms with van der Waals surface area (Å²) in [5.41, 5.74) is 0.966. The highest BCUT2D eigenvalue weighted by molar-refractivity contribution is 5.91. The molecular weight excluding hydrogens is 356 g/mol. The zero-order valence-corrected chi connectivity index (χ0v) is 15.9. The van der Waals surface area contributed by atoms with E-state index in [-0.39, 0.29) is 18.1 Å². The average molecular weight is 380 g/mol. The molecular formula is C22H24N2O4. The van der Waals surface area contributed by atoms with E-state index >= 15 is 0 Å². The zero-order valence-electron chi connectivity index (χ0n) is 15.9. The summed E-state index contributed by atoms with van der Waals surface area (Å²) in [7, 11) is 1.59. The van der Waals surface area contributed by atoms with Gasteiger partial charge < -0.3 is 19.2 Å². The summed E-state index contributed by atoms with van der Waals surface area (Å²) < 4.78 is 16.7. The standard InChI is InChI=1S/C22H24N2O4/c1-26-14-19-9-11-21(28-19)22(25)24-16-4-6-17(7-5-16)27-18-8-10-20-15(13-18)3-2-12-23-20/h2-3,8-13,16-17H,4-7,14H2,1H3,(H,24,25). The van der Waals surface area contributed by atoms with Gasteiger partial charge in [-0.3, -0.25) is 9.78 Å². The number of hydrogen-bond acceptors (Lipinski definition) is 5. The molecule has 28 heavy (non-hydrogen) atoms. The number of nitrogens with zero attached hydrogens (tertiary/aromatic N) is 1. The number of fused-ring (bicyclic) bond motifs is 1. The number of pyridine rings is 1. The number of furan rings is 1. The van der Waals surface area contributed by atoms with Gasteiger partial charge in [-0.15, -0.1) is 0 Å². The number of nitrogens with one attached hydrogen (secondary N) is 1. The Morgan fingerprint density at radius 2 is 2.04 bits per heavy atom. The number of rotatable bonds is 6. The van der Waals surface area contributed by atoms with Gasteiger partial charge in [0.25, 0.3) is 5.91 Å². The SMILES string of the molecule is COCc1ccc(C(=O)NC2CCC(Oc3ccc4ncccc4c3)CC2)o1. The van der Waals surface area contributed by atoms with Gasteiger partial charge in [-0.1, -0.05) is 6.07 Å². The van der Waals surface area contributed by atoms with Crippen LogP contribution < -0.4 is 10.1 Å². The van der Waals surface area contributed by atoms with E-state index in [4.69, 9.17) is 13.9 Å². The Morgan fingerprint density at radius 1 is 1.18 bits per heavy atom. The van der Waals surface area contributed by atoms with Gasteiger partial charge in [0.2, 0.25) is 0 Å². The molecule has 6 heteroatoms. The van der Waals surface area contributed by atoms with Crippen LogP contribution in [-0.2, 0) is 11.3 Å². The van der Waals surface area contributed by atoms with Crippen molar-refractivity contribution in [2.24, 2.45) is 0 Å². The van der Waals surface area contributed by atoms with Gasteiger partial charge in [0.05, 0.1) is 11.6 Å². The third kappa shape index (κ3) is 4.34. The maximum atomic E-state index is 12.3. The highest BCUT2D eigenvalue weighted by Crippen LogP contribution is 2.26. The Balaban J connectivity index is 1.28. The number of carbonyl (C=O) groups is 1. The molecule has 0 unspecified atom stereocenters. The second-order valence-corrected chi connectivity index (χ2v) is 7.12. The predicted molar refractivity (Wildman–Crippen MR) is 105 cm³/mol. The van der Waals surface area contributed by atoms with Gasteiger partial charge in [-0.2, -0.15) is 0 Å². The predicted octanol–water partition coefficient (Wildman–Crippen LogP) is 4.09. The Morgan fingerprint density at radius 3 is 2.86 bits per heavy atom. The van der Waals surface area contributed by atoms with Crippen LogP contribution in [0, 0.1) is 0 Å². The van der Waals surface area contributed by atoms with E-state index in [9.17, 15) is 4.79 Å². The van der Waals surface area contributed by atoms with Crippen molar-refractivity contribution in [2.45, 2.75) is 44.4 Å². The van der Waals surface area contributed by atoms with E-state index in [0.29, 0.717) is 18.1 Å². The van der Waals surface area contributed by atoms with Gasteiger partial charge in [-0.05, 0) is 62.1 Å². The van der Waals surface area contributed by atoms with Crippen molar-refractivity contribution < 1.29 is 18.7 Å². The number of ether oxygens (including phenoxy) is 2. The van der Waals surface area contributed by atoms with Crippen molar-refractivity contribution in [3.63, 3.8) is 0 Å². The first kappa shape index (κ1) is 18.5. The summed E-state index contributed by atoms with van der Waals surface area (Å²) in [5, 5.41) is 4.14. The molecule has 0 spiro atoms. The van der Waals surface area contributed by atoms with Crippen LogP contribution in [0.2, 0.25) is 0 Å². The van der Waals surface area contributed by atoms with Crippen LogP contribution in [0.15, 0.2) is 53.1 Å². The lowest BCUT2D eigenvalue weighted by Crippen LogP contribution is -2.39. The number of carbonyl (C=O) groups excluding carboxylic acids is 1. The fraction of sp³-hybridized carbons (Fsp3) is 0.364. The van der Waals surface area contributed by atoms with Crippen LogP contribution >= 0.6 is 0 Å². The van der Waals surface area contributed by atoms with Crippen LogP contribution in [0.5, 0.6) is 5.75 Å². The molecule has 4 rings (SSSR count). The van der Waals surface area contributed by atoms with E-state index in [0.717, 1.165) is 42.3 Å². The smallest absolute Gasteiger partial charge is 0.287 e. The van der Waals surface area contributed by atoms with Crippen molar-refractivity contribution in [3.05, 3.63) is 60.2 Å². The normalized spacial score (nSPS) is 19.5. The second-order valence-electron chi connectivity index (χ2n) is 7.12. The molecule has 1 fully saturated rings. The minimum absolute atomic E-state index is 0.143. The molecule has 2 heterocycles. The maximum Gasteiger partial charge on any atom is 0.287 e. The fourth-order valence-electron chi connectivity index (χ4n) is 3.62. The summed E-state index contributed by atoms with van der Waals surface area (Å²) in [4.78, 5) is 16.7. The molecule has 1 amide bonds. The Kier molecular flexibility index (Phi) is 5.58. The molecule has 0 aliphatic heterocycles. The van der Waals surface area contributed by atoms with Crippen LogP contribution in [0.25, 0.3) is 10.9 Å². The molecule has 1 aliphatic rings. The van der Waals surface area contributed by atoms with Crippen LogP contribution in [0.4, 0.5) is 0 Å². The third-order valence-corrected chi connectivity index (χ3v) is 5.06. The highest BCUT2D eigenvalue weighted by Gasteiger charge is 2.25. The van der Waals surface area contributed by atoms with E-state index < -0.39 is 0 Å².